The highest BCUT2D eigenvalue weighted by Crippen LogP contribution is 2.53. The second-order valence-corrected chi connectivity index (χ2v) is 29.0. The van der Waals surface area contributed by atoms with Gasteiger partial charge < -0.3 is 33.6 Å². The van der Waals surface area contributed by atoms with Crippen LogP contribution in [0, 0.1) is 0 Å². The van der Waals surface area contributed by atoms with E-state index in [1.807, 2.05) is 11.8 Å². The highest BCUT2D eigenvalue weighted by Gasteiger charge is 2.48. The zero-order chi connectivity index (χ0) is 69.5. The van der Waals surface area contributed by atoms with Crippen LogP contribution >= 0.6 is 11.8 Å². The molecule has 4 aliphatic heterocycles. The summed E-state index contributed by atoms with van der Waals surface area (Å²) in [5.74, 6) is 0. The smallest absolute Gasteiger partial charge is 0.252 e. The van der Waals surface area contributed by atoms with Crippen molar-refractivity contribution >= 4 is 187 Å². The number of aromatic nitrogens is 2. The zero-order valence-electron chi connectivity index (χ0n) is 57.6. The number of para-hydroxylation sites is 15. The molecular weight excluding hydrogens is 1300 g/mol. The van der Waals surface area contributed by atoms with Crippen molar-refractivity contribution in [2.45, 2.75) is 9.79 Å². The fraction of sp³-hybridized carbons (Fsp3) is 0. The van der Waals surface area contributed by atoms with Gasteiger partial charge in [0.25, 0.3) is 6.71 Å². The molecule has 0 saturated heterocycles. The van der Waals surface area contributed by atoms with Crippen molar-refractivity contribution in [1.82, 2.24) is 9.13 Å². The zero-order valence-corrected chi connectivity index (χ0v) is 58.4. The Morgan fingerprint density at radius 2 is 0.538 bits per heavy atom. The third-order valence-corrected chi connectivity index (χ3v) is 23.4. The van der Waals surface area contributed by atoms with E-state index in [0.29, 0.717) is 0 Å². The highest BCUT2D eigenvalue weighted by atomic mass is 32.2. The number of benzene rings is 16. The van der Waals surface area contributed by atoms with Gasteiger partial charge in [-0.05, 0) is 179 Å². The van der Waals surface area contributed by atoms with Crippen LogP contribution in [-0.4, -0.2) is 22.6 Å². The van der Waals surface area contributed by atoms with E-state index in [1.54, 1.807) is 0 Å². The SMILES string of the molecule is c1ccc(N(c2ccccc2)c2cc3c4c(c2)N(c2ccccc2-n2c5ccccc5c5ccccc52)c2ccccc2B4c2cc4c(cc2S3)N(c2ccccc2-n2c3ccccc3c3ccccc32)c2cc(N(c3ccccc3)c3ccccc3)cc3c2B4c2ccccc2N3c2ccccc2)cc1. The van der Waals surface area contributed by atoms with Gasteiger partial charge in [0.15, 0.2) is 0 Å². The Morgan fingerprint density at radius 3 is 0.991 bits per heavy atom. The molecule has 494 valence electrons. The van der Waals surface area contributed by atoms with Crippen molar-refractivity contribution in [3.63, 3.8) is 0 Å². The van der Waals surface area contributed by atoms with E-state index in [0.717, 1.165) is 119 Å². The summed E-state index contributed by atoms with van der Waals surface area (Å²) in [5.41, 5.74) is 30.8. The minimum atomic E-state index is -0.207. The first kappa shape index (κ1) is 60.2. The Kier molecular flexibility index (Phi) is 13.7. The Labute approximate surface area is 619 Å². The number of hydrogen-bond acceptors (Lipinski definition) is 6. The Morgan fingerprint density at radius 1 is 0.208 bits per heavy atom. The second kappa shape index (κ2) is 24.1. The highest BCUT2D eigenvalue weighted by molar-refractivity contribution is 8.00. The van der Waals surface area contributed by atoms with Gasteiger partial charge >= 0.3 is 0 Å². The van der Waals surface area contributed by atoms with Gasteiger partial charge in [-0.15, -0.1) is 0 Å². The summed E-state index contributed by atoms with van der Waals surface area (Å²) < 4.78 is 5.00. The van der Waals surface area contributed by atoms with E-state index in [-0.39, 0.29) is 13.4 Å². The van der Waals surface area contributed by atoms with Crippen LogP contribution in [0.1, 0.15) is 0 Å². The molecule has 18 aromatic rings. The minimum Gasteiger partial charge on any atom is -0.311 e. The molecule has 0 fully saturated rings. The van der Waals surface area contributed by atoms with Crippen LogP contribution in [0.25, 0.3) is 55.0 Å². The monoisotopic (exact) mass is 1370 g/mol. The lowest BCUT2D eigenvalue weighted by Crippen LogP contribution is -2.64. The van der Waals surface area contributed by atoms with Crippen molar-refractivity contribution in [3.05, 3.63) is 382 Å². The summed E-state index contributed by atoms with van der Waals surface area (Å²) in [7, 11) is 0. The summed E-state index contributed by atoms with van der Waals surface area (Å²) in [6.07, 6.45) is 0. The third-order valence-electron chi connectivity index (χ3n) is 22.2. The van der Waals surface area contributed by atoms with Crippen LogP contribution in [0.15, 0.2) is 392 Å². The summed E-state index contributed by atoms with van der Waals surface area (Å²) >= 11 is 1.91. The standard InChI is InChI=1S/C96H63B2N7S/c1-6-32-64(33-7-1)99(65-34-8-2-9-35-65)69-58-90-95-91(59-69)105(88-57-31-29-55-86(88)103-81-50-24-18-44-73(81)74-45-19-25-51-82(74)103)89-63-93-78(62-77(89)97(95)75-46-20-26-52-83(75)101(90)68-40-14-5-15-41-68)98-76-47-21-27-53-84(76)104(87-56-30-28-54-85(87)102-79-48-22-16-42-71(79)72-43-17-23-49-80(72)102)92-60-70(61-94(106-93)96(92)98)100(66-36-10-3-11-37-66)67-38-12-4-13-39-67/h1-63H. The molecular formula is C96H63B2N7S. The summed E-state index contributed by atoms with van der Waals surface area (Å²) in [6, 6.07) is 142. The third kappa shape index (κ3) is 9.11. The van der Waals surface area contributed by atoms with Crippen molar-refractivity contribution in [2.24, 2.45) is 0 Å². The molecule has 0 aliphatic carbocycles. The van der Waals surface area contributed by atoms with Crippen LogP contribution in [-0.2, 0) is 0 Å². The first-order chi connectivity index (χ1) is 52.7. The minimum absolute atomic E-state index is 0.179. The Balaban J connectivity index is 0.848. The number of hydrogen-bond donors (Lipinski definition) is 0. The van der Waals surface area contributed by atoms with E-state index in [9.17, 15) is 0 Å². The lowest BCUT2D eigenvalue weighted by atomic mass is 9.31. The number of rotatable bonds is 11. The molecule has 22 rings (SSSR count). The molecule has 7 nitrogen and oxygen atoms in total. The quantitative estimate of drug-likeness (QED) is 0.120. The van der Waals surface area contributed by atoms with Gasteiger partial charge in [-0.25, -0.2) is 0 Å². The van der Waals surface area contributed by atoms with Crippen LogP contribution in [0.5, 0.6) is 0 Å². The maximum absolute atomic E-state index is 2.66. The summed E-state index contributed by atoms with van der Waals surface area (Å²) in [5, 5.41) is 4.88. The summed E-state index contributed by atoms with van der Waals surface area (Å²) in [6.45, 7) is -0.386. The van der Waals surface area contributed by atoms with E-state index in [2.05, 4.69) is 416 Å². The molecule has 0 unspecified atom stereocenters. The van der Waals surface area contributed by atoms with Crippen molar-refractivity contribution in [2.75, 3.05) is 24.5 Å². The fourth-order valence-electron chi connectivity index (χ4n) is 18.0. The van der Waals surface area contributed by atoms with Gasteiger partial charge in [-0.2, -0.15) is 0 Å². The number of anilines is 15. The van der Waals surface area contributed by atoms with Gasteiger partial charge in [0, 0.05) is 99.6 Å². The van der Waals surface area contributed by atoms with E-state index >= 15 is 0 Å². The Bertz CT molecular complexity index is 6380. The molecule has 0 radical (unpaired) electrons. The average Bonchev–Trinajstić information content (AvgIpc) is 0.838. The molecule has 0 bridgehead atoms. The first-order valence-electron chi connectivity index (χ1n) is 36.5. The average molecular weight is 1370 g/mol. The molecule has 0 saturated carbocycles. The predicted octanol–water partition coefficient (Wildman–Crippen LogP) is 21.7. The van der Waals surface area contributed by atoms with E-state index in [1.165, 1.54) is 64.1 Å². The summed E-state index contributed by atoms with van der Waals surface area (Å²) in [4.78, 5) is 15.1. The molecule has 2 aromatic heterocycles. The van der Waals surface area contributed by atoms with Gasteiger partial charge in [0.2, 0.25) is 6.71 Å². The van der Waals surface area contributed by atoms with Crippen LogP contribution < -0.4 is 57.3 Å². The normalized spacial score (nSPS) is 13.0. The maximum atomic E-state index is 2.66. The Hall–Kier alpha value is -13.4. The van der Waals surface area contributed by atoms with Crippen LogP contribution in [0.3, 0.4) is 0 Å². The molecule has 0 N–H and O–H groups in total. The van der Waals surface area contributed by atoms with Gasteiger partial charge in [-0.1, -0.05) is 248 Å². The number of nitrogens with zero attached hydrogens (tertiary/aromatic N) is 7. The van der Waals surface area contributed by atoms with Crippen molar-refractivity contribution in [1.29, 1.82) is 0 Å². The van der Waals surface area contributed by atoms with E-state index in [4.69, 9.17) is 0 Å². The second-order valence-electron chi connectivity index (χ2n) is 27.9. The molecule has 16 aromatic carbocycles. The largest absolute Gasteiger partial charge is 0.311 e. The van der Waals surface area contributed by atoms with Crippen molar-refractivity contribution in [3.8, 4) is 11.4 Å². The van der Waals surface area contributed by atoms with Crippen LogP contribution in [0.2, 0.25) is 0 Å². The lowest BCUT2D eigenvalue weighted by molar-refractivity contribution is 1.14. The molecule has 0 atom stereocenters. The predicted molar refractivity (Wildman–Crippen MR) is 448 cm³/mol. The van der Waals surface area contributed by atoms with Gasteiger partial charge in [0.05, 0.1) is 50.5 Å². The van der Waals surface area contributed by atoms with Gasteiger partial charge in [0.1, 0.15) is 0 Å². The molecule has 0 spiro atoms. The molecule has 0 amide bonds. The van der Waals surface area contributed by atoms with E-state index < -0.39 is 0 Å². The lowest BCUT2D eigenvalue weighted by Gasteiger charge is -2.46. The molecule has 4 aliphatic rings. The van der Waals surface area contributed by atoms with Crippen molar-refractivity contribution < 1.29 is 0 Å². The first-order valence-corrected chi connectivity index (χ1v) is 37.3. The van der Waals surface area contributed by atoms with Gasteiger partial charge in [-0.3, -0.25) is 0 Å². The molecule has 106 heavy (non-hydrogen) atoms. The molecule has 6 heterocycles. The molecule has 10 heteroatoms. The van der Waals surface area contributed by atoms with Crippen LogP contribution in [0.4, 0.5) is 85.3 Å². The fourth-order valence-corrected chi connectivity index (χ4v) is 19.2. The maximum Gasteiger partial charge on any atom is 0.252 e. The number of fused-ring (bicyclic) bond motifs is 14. The topological polar surface area (TPSA) is 26.1 Å².